The first-order valence-corrected chi connectivity index (χ1v) is 9.15. The quantitative estimate of drug-likeness (QED) is 0.793. The monoisotopic (exact) mass is 344 g/mol. The van der Waals surface area contributed by atoms with E-state index in [0.717, 1.165) is 34.4 Å². The second-order valence-corrected chi connectivity index (χ2v) is 7.09. The maximum absolute atomic E-state index is 11.8. The summed E-state index contributed by atoms with van der Waals surface area (Å²) in [6, 6.07) is 12.7. The summed E-state index contributed by atoms with van der Waals surface area (Å²) in [6.07, 6.45) is 6.29. The Hall–Kier alpha value is -2.95. The molecule has 0 atom stereocenters. The summed E-state index contributed by atoms with van der Waals surface area (Å²) in [6.45, 7) is 1.78. The predicted octanol–water partition coefficient (Wildman–Crippen LogP) is 3.11. The zero-order chi connectivity index (χ0) is 17.5. The van der Waals surface area contributed by atoms with Crippen molar-refractivity contribution in [3.63, 3.8) is 0 Å². The van der Waals surface area contributed by atoms with Crippen LogP contribution in [0.25, 0.3) is 22.0 Å². The van der Waals surface area contributed by atoms with E-state index in [1.54, 1.807) is 0 Å². The highest BCUT2D eigenvalue weighted by Gasteiger charge is 2.24. The van der Waals surface area contributed by atoms with Gasteiger partial charge in [0.2, 0.25) is 5.91 Å². The van der Waals surface area contributed by atoms with Gasteiger partial charge in [0.25, 0.3) is 0 Å². The molecule has 1 saturated heterocycles. The van der Waals surface area contributed by atoms with Crippen molar-refractivity contribution in [1.29, 1.82) is 0 Å². The molecule has 0 unspecified atom stereocenters. The van der Waals surface area contributed by atoms with Crippen LogP contribution in [-0.2, 0) is 4.79 Å². The third kappa shape index (κ3) is 2.79. The second kappa shape index (κ2) is 6.09. The van der Waals surface area contributed by atoms with Gasteiger partial charge in [0.05, 0.1) is 12.2 Å². The molecule has 3 aromatic rings. The lowest BCUT2D eigenvalue weighted by Crippen LogP contribution is -2.48. The van der Waals surface area contributed by atoms with Crippen LogP contribution in [0.2, 0.25) is 0 Å². The van der Waals surface area contributed by atoms with Gasteiger partial charge in [-0.15, -0.1) is 0 Å². The lowest BCUT2D eigenvalue weighted by atomic mass is 10.0. The van der Waals surface area contributed by atoms with E-state index >= 15 is 0 Å². The summed E-state index contributed by atoms with van der Waals surface area (Å²) < 4.78 is 0. The highest BCUT2D eigenvalue weighted by molar-refractivity contribution is 5.96. The van der Waals surface area contributed by atoms with Crippen LogP contribution in [0.5, 0.6) is 0 Å². The number of nitrogens with zero attached hydrogens (tertiary/aromatic N) is 3. The summed E-state index contributed by atoms with van der Waals surface area (Å²) >= 11 is 0. The molecule has 1 aliphatic heterocycles. The predicted molar refractivity (Wildman–Crippen MR) is 102 cm³/mol. The maximum Gasteiger partial charge on any atom is 0.239 e. The number of nitrogens with one attached hydrogen (secondary N) is 1. The minimum absolute atomic E-state index is 0.0463. The number of piperazine rings is 1. The van der Waals surface area contributed by atoms with E-state index < -0.39 is 0 Å². The Morgan fingerprint density at radius 3 is 2.77 bits per heavy atom. The molecule has 3 heterocycles. The Kier molecular flexibility index (Phi) is 3.59. The Bertz CT molecular complexity index is 996. The van der Waals surface area contributed by atoms with Crippen molar-refractivity contribution in [3.8, 4) is 11.3 Å². The van der Waals surface area contributed by atoms with E-state index in [-0.39, 0.29) is 5.91 Å². The van der Waals surface area contributed by atoms with Gasteiger partial charge in [-0.3, -0.25) is 9.78 Å². The number of hydrogen-bond acceptors (Lipinski definition) is 4. The van der Waals surface area contributed by atoms with Crippen molar-refractivity contribution < 1.29 is 4.79 Å². The topological polar surface area (TPSA) is 58.1 Å². The van der Waals surface area contributed by atoms with Gasteiger partial charge in [-0.2, -0.15) is 0 Å². The smallest absolute Gasteiger partial charge is 0.239 e. The molecule has 26 heavy (non-hydrogen) atoms. The molecule has 1 saturated carbocycles. The SMILES string of the molecule is O=C1CN(c2nccc3ccc(-c4cc(C5CC5)ccn4)cc23)CCN1. The average molecular weight is 344 g/mol. The van der Waals surface area contributed by atoms with Gasteiger partial charge in [-0.1, -0.05) is 12.1 Å². The Labute approximate surface area is 152 Å². The molecule has 1 aromatic carbocycles. The molecule has 0 radical (unpaired) electrons. The van der Waals surface area contributed by atoms with E-state index in [1.165, 1.54) is 18.4 Å². The molecule has 5 heteroatoms. The summed E-state index contributed by atoms with van der Waals surface area (Å²) in [4.78, 5) is 23.0. The van der Waals surface area contributed by atoms with Gasteiger partial charge in [0, 0.05) is 36.4 Å². The summed E-state index contributed by atoms with van der Waals surface area (Å²) in [5, 5.41) is 5.07. The van der Waals surface area contributed by atoms with Crippen molar-refractivity contribution in [3.05, 3.63) is 54.4 Å². The lowest BCUT2D eigenvalue weighted by molar-refractivity contribution is -0.120. The van der Waals surface area contributed by atoms with E-state index in [0.29, 0.717) is 19.0 Å². The number of benzene rings is 1. The fourth-order valence-electron chi connectivity index (χ4n) is 3.66. The van der Waals surface area contributed by atoms with Crippen LogP contribution in [0.4, 0.5) is 5.82 Å². The number of pyridine rings is 2. The molecule has 0 spiro atoms. The number of anilines is 1. The first-order valence-electron chi connectivity index (χ1n) is 9.15. The standard InChI is InChI=1S/C21H20N4O/c26-20-13-25(10-9-23-20)21-18-11-17(4-3-15(18)5-8-24-21)19-12-16(6-7-22-19)14-1-2-14/h3-8,11-12,14H,1-2,9-10,13H2,(H,23,26). The van der Waals surface area contributed by atoms with Gasteiger partial charge in [-0.05, 0) is 54.0 Å². The number of fused-ring (bicyclic) bond motifs is 1. The zero-order valence-corrected chi connectivity index (χ0v) is 14.5. The molecular weight excluding hydrogens is 324 g/mol. The van der Waals surface area contributed by atoms with Crippen LogP contribution < -0.4 is 10.2 Å². The molecule has 5 nitrogen and oxygen atoms in total. The third-order valence-corrected chi connectivity index (χ3v) is 5.21. The van der Waals surface area contributed by atoms with E-state index in [4.69, 9.17) is 0 Å². The Balaban J connectivity index is 1.59. The molecule has 2 aromatic heterocycles. The lowest BCUT2D eigenvalue weighted by Gasteiger charge is -2.28. The maximum atomic E-state index is 11.8. The molecule has 5 rings (SSSR count). The second-order valence-electron chi connectivity index (χ2n) is 7.09. The van der Waals surface area contributed by atoms with Crippen LogP contribution in [0.1, 0.15) is 24.3 Å². The normalized spacial score (nSPS) is 17.4. The number of rotatable bonds is 3. The number of amides is 1. The first kappa shape index (κ1) is 15.3. The highest BCUT2D eigenvalue weighted by Crippen LogP contribution is 2.41. The van der Waals surface area contributed by atoms with Crippen molar-refractivity contribution in [2.75, 3.05) is 24.5 Å². The zero-order valence-electron chi connectivity index (χ0n) is 14.5. The van der Waals surface area contributed by atoms with Crippen LogP contribution in [-0.4, -0.2) is 35.5 Å². The molecule has 1 N–H and O–H groups in total. The minimum atomic E-state index is 0.0463. The highest BCUT2D eigenvalue weighted by atomic mass is 16.2. The summed E-state index contributed by atoms with van der Waals surface area (Å²) in [5.74, 6) is 1.63. The van der Waals surface area contributed by atoms with Crippen molar-refractivity contribution in [2.45, 2.75) is 18.8 Å². The minimum Gasteiger partial charge on any atom is -0.353 e. The van der Waals surface area contributed by atoms with E-state index in [1.807, 2.05) is 18.5 Å². The van der Waals surface area contributed by atoms with Crippen LogP contribution >= 0.6 is 0 Å². The van der Waals surface area contributed by atoms with Gasteiger partial charge in [-0.25, -0.2) is 4.98 Å². The fourth-order valence-corrected chi connectivity index (χ4v) is 3.66. The first-order chi connectivity index (χ1) is 12.8. The van der Waals surface area contributed by atoms with Gasteiger partial charge in [0.1, 0.15) is 5.82 Å². The third-order valence-electron chi connectivity index (χ3n) is 5.21. The number of carbonyl (C=O) groups is 1. The average Bonchev–Trinajstić information content (AvgIpc) is 3.52. The molecule has 1 aliphatic carbocycles. The fraction of sp³-hybridized carbons (Fsp3) is 0.286. The van der Waals surface area contributed by atoms with Crippen molar-refractivity contribution in [1.82, 2.24) is 15.3 Å². The number of carbonyl (C=O) groups excluding carboxylic acids is 1. The van der Waals surface area contributed by atoms with Crippen molar-refractivity contribution >= 4 is 22.5 Å². The van der Waals surface area contributed by atoms with E-state index in [9.17, 15) is 4.79 Å². The van der Waals surface area contributed by atoms with Crippen LogP contribution in [0.3, 0.4) is 0 Å². The number of hydrogen-bond donors (Lipinski definition) is 1. The molecule has 0 bridgehead atoms. The van der Waals surface area contributed by atoms with Gasteiger partial charge < -0.3 is 10.2 Å². The van der Waals surface area contributed by atoms with Gasteiger partial charge in [0.15, 0.2) is 0 Å². The van der Waals surface area contributed by atoms with Crippen LogP contribution in [0.15, 0.2) is 48.8 Å². The van der Waals surface area contributed by atoms with Crippen molar-refractivity contribution in [2.24, 2.45) is 0 Å². The summed E-state index contributed by atoms with van der Waals surface area (Å²) in [5.41, 5.74) is 3.48. The summed E-state index contributed by atoms with van der Waals surface area (Å²) in [7, 11) is 0. The molecular formula is C21H20N4O. The largest absolute Gasteiger partial charge is 0.353 e. The molecule has 2 fully saturated rings. The Morgan fingerprint density at radius 1 is 1.04 bits per heavy atom. The Morgan fingerprint density at radius 2 is 1.92 bits per heavy atom. The molecule has 130 valence electrons. The van der Waals surface area contributed by atoms with E-state index in [2.05, 4.69) is 50.5 Å². The number of aromatic nitrogens is 2. The molecule has 2 aliphatic rings. The van der Waals surface area contributed by atoms with Crippen LogP contribution in [0, 0.1) is 0 Å². The van der Waals surface area contributed by atoms with Gasteiger partial charge >= 0.3 is 0 Å². The molecule has 1 amide bonds.